The van der Waals surface area contributed by atoms with E-state index in [0.717, 1.165) is 11.1 Å². The molecule has 3 amide bonds. The van der Waals surface area contributed by atoms with Crippen LogP contribution in [0.25, 0.3) is 0 Å². The van der Waals surface area contributed by atoms with Gasteiger partial charge in [0.15, 0.2) is 0 Å². The second-order valence-corrected chi connectivity index (χ2v) is 14.2. The molecule has 15 nitrogen and oxygen atoms in total. The van der Waals surface area contributed by atoms with Crippen molar-refractivity contribution in [3.63, 3.8) is 0 Å². The lowest BCUT2D eigenvalue weighted by Gasteiger charge is -2.34. The average Bonchev–Trinajstić information content (AvgIpc) is 3.90. The Morgan fingerprint density at radius 1 is 0.741 bits per heavy atom. The minimum absolute atomic E-state index is 0. The molecule has 16 heteroatoms. The zero-order valence-electron chi connectivity index (χ0n) is 31.3. The number of likely N-dealkylation sites (tertiary alicyclic amines) is 1. The Morgan fingerprint density at radius 2 is 1.22 bits per heavy atom. The highest BCUT2D eigenvalue weighted by molar-refractivity contribution is 6.02. The van der Waals surface area contributed by atoms with Gasteiger partial charge >= 0.3 is 17.9 Å². The number of esters is 2. The van der Waals surface area contributed by atoms with Gasteiger partial charge in [-0.15, -0.1) is 12.4 Å². The average molecular weight is 775 g/mol. The second kappa shape index (κ2) is 19.1. The Bertz CT molecular complexity index is 1690. The summed E-state index contributed by atoms with van der Waals surface area (Å²) >= 11 is 0. The van der Waals surface area contributed by atoms with Crippen molar-refractivity contribution in [3.8, 4) is 0 Å². The number of aliphatic carboxylic acids is 1. The molecule has 0 spiro atoms. The maximum absolute atomic E-state index is 13.3. The molecule has 4 aliphatic heterocycles. The first-order valence-corrected chi connectivity index (χ1v) is 17.7. The van der Waals surface area contributed by atoms with Crippen LogP contribution in [-0.4, -0.2) is 129 Å². The van der Waals surface area contributed by atoms with Crippen molar-refractivity contribution in [1.29, 1.82) is 0 Å². The van der Waals surface area contributed by atoms with Gasteiger partial charge in [0.1, 0.15) is 24.2 Å². The quantitative estimate of drug-likeness (QED) is 0.284. The summed E-state index contributed by atoms with van der Waals surface area (Å²) in [5.74, 6) is -2.72. The van der Waals surface area contributed by atoms with Gasteiger partial charge in [0, 0.05) is 50.1 Å². The number of aliphatic hydroxyl groups is 2. The molecular weight excluding hydrogens is 724 g/mol. The summed E-state index contributed by atoms with van der Waals surface area (Å²) in [5, 5.41) is 31.0. The van der Waals surface area contributed by atoms with Crippen LogP contribution >= 0.6 is 12.4 Å². The van der Waals surface area contributed by atoms with Gasteiger partial charge in [-0.2, -0.15) is 0 Å². The Balaban J connectivity index is 0.000000240. The topological polar surface area (TPSA) is 203 Å². The monoisotopic (exact) mass is 774 g/mol. The number of rotatable bonds is 8. The van der Waals surface area contributed by atoms with Crippen LogP contribution in [0.4, 0.5) is 0 Å². The standard InChI is InChI=1S/C19H24N2O5.C13H15NO3.C6H11NO3.ClH/c1-11(2)16(21-9-12-6-4-5-7-14(12)17(21)23)18(24)20-10-13(22)8-15(20)19(25)26-3;1-8(2)11(13(16)17)14-7-9-5-3-4-6-10(9)12(14)15;1-10-6(9)5-2-4(8)3-7-5;/h4-7,11,13,15-16,22H,8-10H2,1-3H3;3-6,8,11H,7H2,1-2H3,(H,16,17);4-5,7-8H,2-3H2,1H3;1H/t13-,15+,16+;11-;4-,5+;/m101./s1. The number of halogens is 1. The van der Waals surface area contributed by atoms with Crippen molar-refractivity contribution in [2.45, 2.75) is 90.0 Å². The molecular formula is C38H51ClN4O11. The lowest BCUT2D eigenvalue weighted by Crippen LogP contribution is -2.54. The van der Waals surface area contributed by atoms with Crippen molar-refractivity contribution in [3.05, 3.63) is 70.8 Å². The number of hydrogen-bond acceptors (Lipinski definition) is 11. The van der Waals surface area contributed by atoms with Gasteiger partial charge in [-0.3, -0.25) is 19.2 Å². The number of carbonyl (C=O) groups excluding carboxylic acids is 5. The summed E-state index contributed by atoms with van der Waals surface area (Å²) in [6.07, 6.45) is -0.559. The van der Waals surface area contributed by atoms with Crippen molar-refractivity contribution in [2.24, 2.45) is 11.8 Å². The van der Waals surface area contributed by atoms with E-state index >= 15 is 0 Å². The number of carbonyl (C=O) groups is 6. The molecule has 6 rings (SSSR count). The van der Waals surface area contributed by atoms with E-state index in [0.29, 0.717) is 37.2 Å². The molecule has 2 aromatic rings. The molecule has 0 saturated carbocycles. The summed E-state index contributed by atoms with van der Waals surface area (Å²) < 4.78 is 9.25. The largest absolute Gasteiger partial charge is 0.480 e. The van der Waals surface area contributed by atoms with Gasteiger partial charge in [0.25, 0.3) is 11.8 Å². The summed E-state index contributed by atoms with van der Waals surface area (Å²) in [7, 11) is 2.60. The number of nitrogens with zero attached hydrogens (tertiary/aromatic N) is 3. The summed E-state index contributed by atoms with van der Waals surface area (Å²) in [6.45, 7) is 8.69. The van der Waals surface area contributed by atoms with Gasteiger partial charge in [-0.05, 0) is 35.1 Å². The number of nitrogens with one attached hydrogen (secondary N) is 1. The molecule has 4 heterocycles. The number of amides is 3. The Kier molecular flexibility index (Phi) is 15.5. The van der Waals surface area contributed by atoms with Gasteiger partial charge in [-0.25, -0.2) is 9.59 Å². The number of β-amino-alcohol motifs (C(OH)–C–C–N with tert-alkyl or cyclic N) is 2. The number of carboxylic acid groups (broad SMARTS) is 1. The highest BCUT2D eigenvalue weighted by atomic mass is 35.5. The molecule has 2 saturated heterocycles. The third-order valence-electron chi connectivity index (χ3n) is 9.77. The van der Waals surface area contributed by atoms with Crippen LogP contribution in [0, 0.1) is 11.8 Å². The predicted octanol–water partition coefficient (Wildman–Crippen LogP) is 1.86. The van der Waals surface area contributed by atoms with Crippen LogP contribution in [0.15, 0.2) is 48.5 Å². The fraction of sp³-hybridized carbons (Fsp3) is 0.526. The fourth-order valence-corrected chi connectivity index (χ4v) is 7.19. The summed E-state index contributed by atoms with van der Waals surface area (Å²) in [4.78, 5) is 76.6. The Hall–Kier alpha value is -4.57. The van der Waals surface area contributed by atoms with E-state index in [4.69, 9.17) is 9.84 Å². The second-order valence-electron chi connectivity index (χ2n) is 14.2. The van der Waals surface area contributed by atoms with E-state index in [-0.39, 0.29) is 66.9 Å². The number of methoxy groups -OCH3 is 2. The molecule has 0 bridgehead atoms. The van der Waals surface area contributed by atoms with E-state index in [1.165, 1.54) is 24.0 Å². The molecule has 6 atom stereocenters. The number of aliphatic hydroxyl groups excluding tert-OH is 2. The molecule has 2 aromatic carbocycles. The van der Waals surface area contributed by atoms with Crippen LogP contribution in [0.2, 0.25) is 0 Å². The Labute approximate surface area is 321 Å². The van der Waals surface area contributed by atoms with Crippen LogP contribution in [0.5, 0.6) is 0 Å². The first kappa shape index (κ1) is 43.8. The van der Waals surface area contributed by atoms with E-state index in [9.17, 15) is 39.0 Å². The number of ether oxygens (including phenoxy) is 2. The number of fused-ring (bicyclic) bond motifs is 2. The molecule has 0 radical (unpaired) electrons. The third kappa shape index (κ3) is 9.75. The van der Waals surface area contributed by atoms with E-state index in [1.807, 2.05) is 52.0 Å². The molecule has 296 valence electrons. The molecule has 0 aliphatic carbocycles. The van der Waals surface area contributed by atoms with Gasteiger partial charge in [0.05, 0.1) is 26.4 Å². The first-order valence-electron chi connectivity index (χ1n) is 17.7. The number of hydrogen-bond donors (Lipinski definition) is 4. The zero-order valence-corrected chi connectivity index (χ0v) is 32.2. The molecule has 0 aromatic heterocycles. The lowest BCUT2D eigenvalue weighted by atomic mass is 10.0. The minimum Gasteiger partial charge on any atom is -0.480 e. The van der Waals surface area contributed by atoms with E-state index in [1.54, 1.807) is 29.2 Å². The summed E-state index contributed by atoms with van der Waals surface area (Å²) in [6, 6.07) is 12.0. The predicted molar refractivity (Wildman–Crippen MR) is 197 cm³/mol. The summed E-state index contributed by atoms with van der Waals surface area (Å²) in [5.41, 5.74) is 3.03. The van der Waals surface area contributed by atoms with Crippen molar-refractivity contribution < 1.29 is 53.6 Å². The number of benzene rings is 2. The zero-order chi connectivity index (χ0) is 39.1. The molecule has 2 fully saturated rings. The normalized spacial score (nSPS) is 22.3. The number of carboxylic acids is 1. The highest BCUT2D eigenvalue weighted by Gasteiger charge is 2.46. The van der Waals surface area contributed by atoms with Crippen LogP contribution < -0.4 is 5.32 Å². The molecule has 4 N–H and O–H groups in total. The van der Waals surface area contributed by atoms with Gasteiger partial charge in [0.2, 0.25) is 5.91 Å². The van der Waals surface area contributed by atoms with Crippen molar-refractivity contribution >= 4 is 48.0 Å². The van der Waals surface area contributed by atoms with Crippen LogP contribution in [0.1, 0.15) is 72.4 Å². The third-order valence-corrected chi connectivity index (χ3v) is 9.77. The van der Waals surface area contributed by atoms with E-state index in [2.05, 4.69) is 10.1 Å². The molecule has 4 aliphatic rings. The minimum atomic E-state index is -0.943. The van der Waals surface area contributed by atoms with Crippen LogP contribution in [-0.2, 0) is 41.7 Å². The van der Waals surface area contributed by atoms with Crippen LogP contribution in [0.3, 0.4) is 0 Å². The molecule has 54 heavy (non-hydrogen) atoms. The fourth-order valence-electron chi connectivity index (χ4n) is 7.19. The van der Waals surface area contributed by atoms with Gasteiger partial charge in [-0.1, -0.05) is 64.1 Å². The van der Waals surface area contributed by atoms with E-state index < -0.39 is 42.3 Å². The Morgan fingerprint density at radius 3 is 1.63 bits per heavy atom. The first-order chi connectivity index (χ1) is 25.1. The lowest BCUT2D eigenvalue weighted by molar-refractivity contribution is -0.153. The maximum Gasteiger partial charge on any atom is 0.328 e. The van der Waals surface area contributed by atoms with Crippen molar-refractivity contribution in [2.75, 3.05) is 27.3 Å². The molecule has 0 unspecified atom stereocenters. The van der Waals surface area contributed by atoms with Gasteiger partial charge < -0.3 is 44.8 Å². The smallest absolute Gasteiger partial charge is 0.328 e. The highest BCUT2D eigenvalue weighted by Crippen LogP contribution is 2.30. The van der Waals surface area contributed by atoms with Crippen molar-refractivity contribution in [1.82, 2.24) is 20.0 Å². The SMILES string of the molecule is CC(C)[C@@H](C(=O)O)N1Cc2ccccc2C1=O.COC(=O)[C@@H]1C[C@@H](O)CN1.COC(=O)[C@@H]1C[C@@H](O)CN1C(=O)[C@H](C(C)C)N1Cc2ccccc2C1=O.Cl. The maximum atomic E-state index is 13.3.